The third-order valence-corrected chi connectivity index (χ3v) is 11.9. The SMILES string of the molecule is O.O.O=S(=O)([O-])C(F)(F)F.O=S(=O)([O-])C(F)(F)F.[Pd+2].c1ccc(P(CCCP(c2ccccc2)c2ccccc2)c2ccccc2)cc1. The topological polar surface area (TPSA) is 177 Å². The first-order valence-electron chi connectivity index (χ1n) is 12.7. The minimum atomic E-state index is -6.09. The minimum absolute atomic E-state index is 0. The zero-order valence-electron chi connectivity index (χ0n) is 24.4. The van der Waals surface area contributed by atoms with Crippen molar-refractivity contribution in [2.24, 2.45) is 0 Å². The standard InChI is InChI=1S/C27H26P2.2CHF3O3S.2H2O.Pd/c1-5-14-24(15-6-1)28(25-16-7-2-8-17-25)22-13-23-29(26-18-9-3-10-19-26)27-20-11-4-12-21-27;2*2-1(3,4)8(5,6)7;;;/h1-12,14-21H,13,22-23H2;2*(H,5,6,7);2*1H2;/q;;;;;+2/p-2. The molecular formula is C29H30F6O8P2PdS2. The fraction of sp³-hybridized carbons (Fsp3) is 0.172. The summed E-state index contributed by atoms with van der Waals surface area (Å²) in [7, 11) is -12.8. The van der Waals surface area contributed by atoms with Gasteiger partial charge in [-0.15, -0.1) is 0 Å². The predicted molar refractivity (Wildman–Crippen MR) is 171 cm³/mol. The molecule has 0 aliphatic heterocycles. The summed E-state index contributed by atoms with van der Waals surface area (Å²) >= 11 is 0. The summed E-state index contributed by atoms with van der Waals surface area (Å²) in [6.45, 7) is 0. The van der Waals surface area contributed by atoms with Gasteiger partial charge in [0, 0.05) is 0 Å². The monoisotopic (exact) mass is 852 g/mol. The number of benzene rings is 4. The Labute approximate surface area is 290 Å². The van der Waals surface area contributed by atoms with Crippen molar-refractivity contribution in [1.29, 1.82) is 0 Å². The molecule has 4 aromatic carbocycles. The summed E-state index contributed by atoms with van der Waals surface area (Å²) in [5.74, 6) is 0. The van der Waals surface area contributed by atoms with Crippen molar-refractivity contribution in [2.75, 3.05) is 12.3 Å². The Kier molecular flexibility index (Phi) is 21.7. The van der Waals surface area contributed by atoms with Gasteiger partial charge in [-0.05, 0) is 55.8 Å². The molecule has 19 heteroatoms. The van der Waals surface area contributed by atoms with E-state index in [0.29, 0.717) is 0 Å². The fourth-order valence-electron chi connectivity index (χ4n) is 3.63. The summed E-state index contributed by atoms with van der Waals surface area (Å²) in [6, 6.07) is 44.3. The zero-order valence-corrected chi connectivity index (χ0v) is 29.4. The summed E-state index contributed by atoms with van der Waals surface area (Å²) in [5.41, 5.74) is -11.3. The predicted octanol–water partition coefficient (Wildman–Crippen LogP) is 4.09. The molecule has 0 aliphatic carbocycles. The molecule has 0 amide bonds. The Bertz CT molecular complexity index is 1450. The normalized spacial score (nSPS) is 11.4. The molecule has 0 radical (unpaired) electrons. The van der Waals surface area contributed by atoms with Crippen LogP contribution in [0.1, 0.15) is 6.42 Å². The molecular weight excluding hydrogens is 823 g/mol. The van der Waals surface area contributed by atoms with Gasteiger partial charge < -0.3 is 20.1 Å². The van der Waals surface area contributed by atoms with E-state index in [0.717, 1.165) is 0 Å². The first-order valence-corrected chi connectivity index (χ1v) is 18.6. The first kappa shape index (κ1) is 47.8. The van der Waals surface area contributed by atoms with E-state index in [2.05, 4.69) is 121 Å². The van der Waals surface area contributed by atoms with Crippen LogP contribution in [0.5, 0.6) is 0 Å². The smallest absolute Gasteiger partial charge is 0.741 e. The van der Waals surface area contributed by atoms with Crippen LogP contribution in [0, 0.1) is 0 Å². The van der Waals surface area contributed by atoms with Crippen molar-refractivity contribution in [2.45, 2.75) is 17.4 Å². The summed E-state index contributed by atoms with van der Waals surface area (Å²) in [4.78, 5) is 0. The van der Waals surface area contributed by atoms with Gasteiger partial charge in [-0.1, -0.05) is 121 Å². The van der Waals surface area contributed by atoms with Gasteiger partial charge in [-0.2, -0.15) is 26.3 Å². The van der Waals surface area contributed by atoms with E-state index < -0.39 is 31.3 Å². The molecule has 0 saturated carbocycles. The van der Waals surface area contributed by atoms with Crippen LogP contribution in [-0.2, 0) is 40.7 Å². The van der Waals surface area contributed by atoms with Gasteiger partial charge >= 0.3 is 31.4 Å². The Hall–Kier alpha value is -2.28. The molecule has 0 heterocycles. The number of rotatable bonds is 8. The van der Waals surface area contributed by atoms with Crippen LogP contribution in [-0.4, -0.2) is 60.2 Å². The van der Waals surface area contributed by atoms with Crippen LogP contribution < -0.4 is 21.2 Å². The third kappa shape index (κ3) is 16.4. The van der Waals surface area contributed by atoms with Crippen molar-refractivity contribution in [1.82, 2.24) is 0 Å². The second kappa shape index (κ2) is 21.7. The molecule has 0 spiro atoms. The number of hydrogen-bond acceptors (Lipinski definition) is 6. The maximum absolute atomic E-state index is 10.7. The molecule has 0 aliphatic rings. The Morgan fingerprint density at radius 3 is 0.771 bits per heavy atom. The van der Waals surface area contributed by atoms with Crippen LogP contribution in [0.4, 0.5) is 26.3 Å². The van der Waals surface area contributed by atoms with Gasteiger partial charge in [0.2, 0.25) is 0 Å². The number of halogens is 6. The Morgan fingerprint density at radius 2 is 0.625 bits per heavy atom. The van der Waals surface area contributed by atoms with Crippen molar-refractivity contribution in [3.05, 3.63) is 121 Å². The average Bonchev–Trinajstić information content (AvgIpc) is 2.98. The van der Waals surface area contributed by atoms with E-state index in [1.807, 2.05) is 0 Å². The quantitative estimate of drug-likeness (QED) is 0.0848. The van der Waals surface area contributed by atoms with Crippen LogP contribution in [0.15, 0.2) is 121 Å². The largest absolute Gasteiger partial charge is 2.00 e. The fourth-order valence-corrected chi connectivity index (χ4v) is 8.59. The number of alkyl halides is 6. The summed E-state index contributed by atoms with van der Waals surface area (Å²) in [5, 5.41) is 5.94. The molecule has 8 nitrogen and oxygen atoms in total. The maximum atomic E-state index is 10.7. The van der Waals surface area contributed by atoms with Crippen LogP contribution in [0.2, 0.25) is 0 Å². The van der Waals surface area contributed by atoms with Crippen molar-refractivity contribution in [3.8, 4) is 0 Å². The molecule has 0 saturated heterocycles. The van der Waals surface area contributed by atoms with Crippen molar-refractivity contribution < 1.29 is 83.7 Å². The molecule has 0 unspecified atom stereocenters. The van der Waals surface area contributed by atoms with Crippen LogP contribution >= 0.6 is 15.8 Å². The van der Waals surface area contributed by atoms with E-state index in [4.69, 9.17) is 25.9 Å². The van der Waals surface area contributed by atoms with E-state index >= 15 is 0 Å². The van der Waals surface area contributed by atoms with E-state index in [1.165, 1.54) is 40.0 Å². The van der Waals surface area contributed by atoms with Gasteiger partial charge in [0.05, 0.1) is 0 Å². The molecule has 268 valence electrons. The Morgan fingerprint density at radius 1 is 0.458 bits per heavy atom. The summed E-state index contributed by atoms with van der Waals surface area (Å²) in [6.07, 6.45) is 3.72. The second-order valence-corrected chi connectivity index (χ2v) is 16.2. The summed E-state index contributed by atoms with van der Waals surface area (Å²) < 4.78 is 118. The van der Waals surface area contributed by atoms with E-state index in [-0.39, 0.29) is 47.2 Å². The second-order valence-electron chi connectivity index (χ2n) is 8.80. The van der Waals surface area contributed by atoms with Crippen LogP contribution in [0.3, 0.4) is 0 Å². The van der Waals surface area contributed by atoms with Gasteiger partial charge in [0.1, 0.15) is 0 Å². The molecule has 0 bridgehead atoms. The first-order chi connectivity index (χ1) is 20.9. The molecule has 48 heavy (non-hydrogen) atoms. The van der Waals surface area contributed by atoms with E-state index in [1.54, 1.807) is 0 Å². The molecule has 4 N–H and O–H groups in total. The van der Waals surface area contributed by atoms with Gasteiger partial charge in [-0.3, -0.25) is 0 Å². The molecule has 4 rings (SSSR count). The maximum Gasteiger partial charge on any atom is 2.00 e. The van der Waals surface area contributed by atoms with Gasteiger partial charge in [0.25, 0.3) is 0 Å². The molecule has 4 aromatic rings. The zero-order chi connectivity index (χ0) is 33.7. The third-order valence-electron chi connectivity index (χ3n) is 5.60. The van der Waals surface area contributed by atoms with Crippen molar-refractivity contribution >= 4 is 57.3 Å². The minimum Gasteiger partial charge on any atom is -0.741 e. The number of hydrogen-bond donors (Lipinski definition) is 0. The molecule has 0 fully saturated rings. The van der Waals surface area contributed by atoms with Gasteiger partial charge in [0.15, 0.2) is 20.2 Å². The average molecular weight is 853 g/mol. The van der Waals surface area contributed by atoms with Crippen LogP contribution in [0.25, 0.3) is 0 Å². The molecule has 0 atom stereocenters. The van der Waals surface area contributed by atoms with Crippen molar-refractivity contribution in [3.63, 3.8) is 0 Å². The van der Waals surface area contributed by atoms with Gasteiger partial charge in [-0.25, -0.2) is 16.8 Å². The van der Waals surface area contributed by atoms with E-state index in [9.17, 15) is 26.3 Å². The molecule has 0 aromatic heterocycles. The Balaban J connectivity index is 0.